The summed E-state index contributed by atoms with van der Waals surface area (Å²) in [5.74, 6) is 0.0475. The molecule has 100 valence electrons. The third-order valence-electron chi connectivity index (χ3n) is 3.50. The maximum Gasteiger partial charge on any atom is 0.164 e. The first-order valence-corrected chi connectivity index (χ1v) is 6.42. The first-order valence-electron chi connectivity index (χ1n) is 6.42. The standard InChI is InChI=1S/C16H14FN3/c1-9-7-13(17)14(15-12(9)5-4-6-18-15)16-19-8-10(2)11(3)20-16/h4-8H,1-3H3. The summed E-state index contributed by atoms with van der Waals surface area (Å²) in [6.45, 7) is 5.70. The van der Waals surface area contributed by atoms with Gasteiger partial charge in [0.1, 0.15) is 5.82 Å². The predicted molar refractivity (Wildman–Crippen MR) is 76.9 cm³/mol. The van der Waals surface area contributed by atoms with E-state index in [2.05, 4.69) is 15.0 Å². The quantitative estimate of drug-likeness (QED) is 0.674. The SMILES string of the molecule is Cc1cnc(-c2c(F)cc(C)c3cccnc23)nc1C. The van der Waals surface area contributed by atoms with Crippen LogP contribution in [0.4, 0.5) is 4.39 Å². The van der Waals surface area contributed by atoms with Gasteiger partial charge in [-0.3, -0.25) is 4.98 Å². The number of benzene rings is 1. The number of nitrogens with zero attached hydrogens (tertiary/aromatic N) is 3. The van der Waals surface area contributed by atoms with E-state index in [0.29, 0.717) is 16.9 Å². The lowest BCUT2D eigenvalue weighted by atomic mass is 10.0. The van der Waals surface area contributed by atoms with Crippen LogP contribution in [0.1, 0.15) is 16.8 Å². The van der Waals surface area contributed by atoms with Crippen LogP contribution in [0, 0.1) is 26.6 Å². The topological polar surface area (TPSA) is 38.7 Å². The van der Waals surface area contributed by atoms with Gasteiger partial charge in [-0.05, 0) is 44.0 Å². The fourth-order valence-electron chi connectivity index (χ4n) is 2.24. The van der Waals surface area contributed by atoms with Crippen LogP contribution in [-0.4, -0.2) is 15.0 Å². The van der Waals surface area contributed by atoms with Crippen LogP contribution < -0.4 is 0 Å². The molecule has 0 saturated carbocycles. The summed E-state index contributed by atoms with van der Waals surface area (Å²) < 4.78 is 14.4. The highest BCUT2D eigenvalue weighted by Gasteiger charge is 2.16. The summed E-state index contributed by atoms with van der Waals surface area (Å²) in [5.41, 5.74) is 3.67. The molecule has 0 saturated heterocycles. The number of aromatic nitrogens is 3. The van der Waals surface area contributed by atoms with Gasteiger partial charge in [0, 0.05) is 23.5 Å². The Morgan fingerprint density at radius 3 is 2.60 bits per heavy atom. The molecule has 0 aliphatic carbocycles. The van der Waals surface area contributed by atoms with Gasteiger partial charge in [0.05, 0.1) is 11.1 Å². The second-order valence-corrected chi connectivity index (χ2v) is 4.91. The first-order chi connectivity index (χ1) is 9.58. The molecule has 3 aromatic rings. The van der Waals surface area contributed by atoms with Crippen LogP contribution in [0.15, 0.2) is 30.6 Å². The molecule has 0 unspecified atom stereocenters. The van der Waals surface area contributed by atoms with Crippen molar-refractivity contribution in [3.8, 4) is 11.4 Å². The summed E-state index contributed by atoms with van der Waals surface area (Å²) in [4.78, 5) is 13.0. The van der Waals surface area contributed by atoms with Crippen molar-refractivity contribution in [3.63, 3.8) is 0 Å². The Morgan fingerprint density at radius 1 is 1.05 bits per heavy atom. The maximum atomic E-state index is 14.4. The number of fused-ring (bicyclic) bond motifs is 1. The molecule has 0 aliphatic heterocycles. The maximum absolute atomic E-state index is 14.4. The number of halogens is 1. The van der Waals surface area contributed by atoms with Crippen LogP contribution in [0.5, 0.6) is 0 Å². The Morgan fingerprint density at radius 2 is 1.85 bits per heavy atom. The second kappa shape index (κ2) is 4.63. The van der Waals surface area contributed by atoms with Gasteiger partial charge in [0.25, 0.3) is 0 Å². The van der Waals surface area contributed by atoms with E-state index in [1.165, 1.54) is 6.07 Å². The largest absolute Gasteiger partial charge is 0.255 e. The van der Waals surface area contributed by atoms with Crippen LogP contribution in [0.3, 0.4) is 0 Å². The van der Waals surface area contributed by atoms with E-state index in [9.17, 15) is 4.39 Å². The lowest BCUT2D eigenvalue weighted by molar-refractivity contribution is 0.630. The summed E-state index contributed by atoms with van der Waals surface area (Å²) in [6.07, 6.45) is 3.37. The summed E-state index contributed by atoms with van der Waals surface area (Å²) in [6, 6.07) is 5.29. The minimum atomic E-state index is -0.336. The van der Waals surface area contributed by atoms with Gasteiger partial charge in [0.2, 0.25) is 0 Å². The van der Waals surface area contributed by atoms with E-state index in [1.54, 1.807) is 12.4 Å². The fraction of sp³-hybridized carbons (Fsp3) is 0.188. The van der Waals surface area contributed by atoms with Crippen molar-refractivity contribution in [3.05, 3.63) is 53.2 Å². The Labute approximate surface area is 116 Å². The zero-order chi connectivity index (χ0) is 14.3. The molecule has 2 aromatic heterocycles. The van der Waals surface area contributed by atoms with Gasteiger partial charge in [-0.1, -0.05) is 6.07 Å². The number of hydrogen-bond donors (Lipinski definition) is 0. The average Bonchev–Trinajstić information content (AvgIpc) is 2.43. The minimum absolute atomic E-state index is 0.336. The second-order valence-electron chi connectivity index (χ2n) is 4.91. The predicted octanol–water partition coefficient (Wildman–Crippen LogP) is 3.76. The molecule has 4 heteroatoms. The fourth-order valence-corrected chi connectivity index (χ4v) is 2.24. The Kier molecular flexibility index (Phi) is 2.93. The normalized spacial score (nSPS) is 11.0. The van der Waals surface area contributed by atoms with Gasteiger partial charge in [-0.15, -0.1) is 0 Å². The summed E-state index contributed by atoms with van der Waals surface area (Å²) >= 11 is 0. The first kappa shape index (κ1) is 12.7. The molecular weight excluding hydrogens is 253 g/mol. The van der Waals surface area contributed by atoms with Crippen LogP contribution in [-0.2, 0) is 0 Å². The van der Waals surface area contributed by atoms with Gasteiger partial charge >= 0.3 is 0 Å². The van der Waals surface area contributed by atoms with Gasteiger partial charge in [-0.25, -0.2) is 14.4 Å². The third-order valence-corrected chi connectivity index (χ3v) is 3.50. The van der Waals surface area contributed by atoms with E-state index >= 15 is 0 Å². The number of pyridine rings is 1. The van der Waals surface area contributed by atoms with Crippen molar-refractivity contribution >= 4 is 10.9 Å². The molecule has 0 bridgehead atoms. The molecule has 3 nitrogen and oxygen atoms in total. The van der Waals surface area contributed by atoms with Gasteiger partial charge in [-0.2, -0.15) is 0 Å². The number of aryl methyl sites for hydroxylation is 3. The van der Waals surface area contributed by atoms with Gasteiger partial charge in [0.15, 0.2) is 5.82 Å². The molecule has 0 fully saturated rings. The number of hydrogen-bond acceptors (Lipinski definition) is 3. The molecule has 0 N–H and O–H groups in total. The van der Waals surface area contributed by atoms with Crippen LogP contribution >= 0.6 is 0 Å². The van der Waals surface area contributed by atoms with E-state index in [1.807, 2.05) is 32.9 Å². The molecule has 0 atom stereocenters. The highest BCUT2D eigenvalue weighted by Crippen LogP contribution is 2.30. The average molecular weight is 267 g/mol. The highest BCUT2D eigenvalue weighted by molar-refractivity contribution is 5.94. The third kappa shape index (κ3) is 1.93. The van der Waals surface area contributed by atoms with Crippen molar-refractivity contribution in [2.45, 2.75) is 20.8 Å². The molecule has 2 heterocycles. The van der Waals surface area contributed by atoms with Crippen molar-refractivity contribution in [1.29, 1.82) is 0 Å². The smallest absolute Gasteiger partial charge is 0.164 e. The minimum Gasteiger partial charge on any atom is -0.255 e. The van der Waals surface area contributed by atoms with Crippen molar-refractivity contribution in [2.24, 2.45) is 0 Å². The summed E-state index contributed by atoms with van der Waals surface area (Å²) in [5, 5.41) is 0.922. The monoisotopic (exact) mass is 267 g/mol. The molecule has 0 radical (unpaired) electrons. The van der Waals surface area contributed by atoms with Crippen molar-refractivity contribution < 1.29 is 4.39 Å². The Bertz CT molecular complexity index is 812. The zero-order valence-corrected chi connectivity index (χ0v) is 11.6. The molecule has 1 aromatic carbocycles. The highest BCUT2D eigenvalue weighted by atomic mass is 19.1. The number of rotatable bonds is 1. The zero-order valence-electron chi connectivity index (χ0n) is 11.6. The van der Waals surface area contributed by atoms with Crippen LogP contribution in [0.2, 0.25) is 0 Å². The van der Waals surface area contributed by atoms with E-state index in [4.69, 9.17) is 0 Å². The molecule has 0 aliphatic rings. The van der Waals surface area contributed by atoms with Crippen molar-refractivity contribution in [1.82, 2.24) is 15.0 Å². The van der Waals surface area contributed by atoms with Crippen LogP contribution in [0.25, 0.3) is 22.3 Å². The molecule has 3 rings (SSSR count). The molecule has 0 spiro atoms. The lowest BCUT2D eigenvalue weighted by Crippen LogP contribution is -1.99. The van der Waals surface area contributed by atoms with E-state index < -0.39 is 0 Å². The molecule has 20 heavy (non-hydrogen) atoms. The van der Waals surface area contributed by atoms with Gasteiger partial charge < -0.3 is 0 Å². The molecular formula is C16H14FN3. The Hall–Kier alpha value is -2.36. The Balaban J connectivity index is 2.38. The van der Waals surface area contributed by atoms with E-state index in [0.717, 1.165) is 22.2 Å². The molecule has 0 amide bonds. The lowest BCUT2D eigenvalue weighted by Gasteiger charge is -2.09. The summed E-state index contributed by atoms with van der Waals surface area (Å²) in [7, 11) is 0. The van der Waals surface area contributed by atoms with E-state index in [-0.39, 0.29) is 5.82 Å². The van der Waals surface area contributed by atoms with Crippen molar-refractivity contribution in [2.75, 3.05) is 0 Å².